The number of hydrogen-bond acceptors (Lipinski definition) is 2. The molecule has 0 aliphatic heterocycles. The first kappa shape index (κ1) is 7.03. The van der Waals surface area contributed by atoms with Gasteiger partial charge in [0.15, 0.2) is 5.43 Å². The van der Waals surface area contributed by atoms with Crippen LogP contribution in [-0.4, -0.2) is 4.98 Å². The van der Waals surface area contributed by atoms with Gasteiger partial charge >= 0.3 is 0 Å². The van der Waals surface area contributed by atoms with Gasteiger partial charge in [-0.2, -0.15) is 5.26 Å². The minimum Gasteiger partial charge on any atom is -0.354 e. The molecule has 1 aromatic heterocycles. The van der Waals surface area contributed by atoms with Crippen molar-refractivity contribution in [1.82, 2.24) is 4.98 Å². The van der Waals surface area contributed by atoms with Gasteiger partial charge in [-0.05, 0) is 15.9 Å². The molecule has 0 fully saturated rings. The summed E-state index contributed by atoms with van der Waals surface area (Å²) in [6, 6.07) is 3.08. The molecular formula is C6H3BrN2O. The third kappa shape index (κ3) is 1.25. The number of nitrogens with zero attached hydrogens (tertiary/aromatic N) is 1. The molecule has 0 spiro atoms. The van der Waals surface area contributed by atoms with Crippen molar-refractivity contribution in [2.45, 2.75) is 0 Å². The summed E-state index contributed by atoms with van der Waals surface area (Å²) in [6.07, 6.45) is 1.37. The molecule has 3 nitrogen and oxygen atoms in total. The number of nitrogens with one attached hydrogen (secondary N) is 1. The number of halogens is 1. The highest BCUT2D eigenvalue weighted by Gasteiger charge is 1.95. The maximum absolute atomic E-state index is 10.8. The minimum absolute atomic E-state index is 0.128. The van der Waals surface area contributed by atoms with E-state index in [0.29, 0.717) is 4.60 Å². The van der Waals surface area contributed by atoms with Gasteiger partial charge in [-0.3, -0.25) is 4.79 Å². The molecular weight excluding hydrogens is 196 g/mol. The number of aromatic amines is 1. The normalized spacial score (nSPS) is 8.80. The minimum atomic E-state index is -0.270. The molecule has 4 heteroatoms. The van der Waals surface area contributed by atoms with E-state index in [1.54, 1.807) is 6.07 Å². The van der Waals surface area contributed by atoms with E-state index in [2.05, 4.69) is 20.9 Å². The first-order chi connectivity index (χ1) is 4.74. The van der Waals surface area contributed by atoms with Crippen LogP contribution in [-0.2, 0) is 0 Å². The second-order valence-electron chi connectivity index (χ2n) is 1.67. The SMILES string of the molecule is N#Cc1c[nH]c(Br)cc1=O. The van der Waals surface area contributed by atoms with Crippen LogP contribution in [0.25, 0.3) is 0 Å². The van der Waals surface area contributed by atoms with Crippen molar-refractivity contribution in [1.29, 1.82) is 5.26 Å². The zero-order valence-electron chi connectivity index (χ0n) is 4.89. The topological polar surface area (TPSA) is 56.6 Å². The zero-order valence-corrected chi connectivity index (χ0v) is 6.47. The molecule has 0 unspecified atom stereocenters. The third-order valence-electron chi connectivity index (χ3n) is 0.998. The van der Waals surface area contributed by atoms with Crippen molar-refractivity contribution in [2.75, 3.05) is 0 Å². The monoisotopic (exact) mass is 198 g/mol. The molecule has 0 atom stereocenters. The summed E-state index contributed by atoms with van der Waals surface area (Å²) in [5.74, 6) is 0. The van der Waals surface area contributed by atoms with Gasteiger partial charge in [-0.1, -0.05) is 0 Å². The summed E-state index contributed by atoms with van der Waals surface area (Å²) >= 11 is 3.06. The van der Waals surface area contributed by atoms with Gasteiger partial charge in [0, 0.05) is 12.3 Å². The molecule has 0 aliphatic rings. The number of hydrogen-bond donors (Lipinski definition) is 1. The molecule has 1 heterocycles. The highest BCUT2D eigenvalue weighted by atomic mass is 79.9. The molecule has 0 aromatic carbocycles. The van der Waals surface area contributed by atoms with Crippen molar-refractivity contribution in [3.05, 3.63) is 32.7 Å². The molecule has 50 valence electrons. The number of aromatic nitrogens is 1. The highest BCUT2D eigenvalue weighted by molar-refractivity contribution is 9.10. The van der Waals surface area contributed by atoms with Crippen LogP contribution < -0.4 is 5.43 Å². The quantitative estimate of drug-likeness (QED) is 0.633. The third-order valence-corrected chi connectivity index (χ3v) is 1.46. The molecule has 0 saturated carbocycles. The molecule has 1 rings (SSSR count). The first-order valence-electron chi connectivity index (χ1n) is 2.52. The average Bonchev–Trinajstić information content (AvgIpc) is 1.88. The van der Waals surface area contributed by atoms with Crippen molar-refractivity contribution in [3.63, 3.8) is 0 Å². The van der Waals surface area contributed by atoms with Gasteiger partial charge in [0.25, 0.3) is 0 Å². The lowest BCUT2D eigenvalue weighted by molar-refractivity contribution is 1.23. The Kier molecular flexibility index (Phi) is 1.88. The van der Waals surface area contributed by atoms with E-state index in [1.165, 1.54) is 12.3 Å². The fourth-order valence-corrected chi connectivity index (χ4v) is 0.857. The smallest absolute Gasteiger partial charge is 0.200 e. The Bertz CT molecular complexity index is 336. The van der Waals surface area contributed by atoms with Crippen LogP contribution in [0, 0.1) is 11.3 Å². The summed E-state index contributed by atoms with van der Waals surface area (Å²) in [5.41, 5.74) is -0.142. The second-order valence-corrected chi connectivity index (χ2v) is 2.53. The van der Waals surface area contributed by atoms with Gasteiger partial charge < -0.3 is 4.98 Å². The summed E-state index contributed by atoms with van der Waals surface area (Å²) in [7, 11) is 0. The largest absolute Gasteiger partial charge is 0.354 e. The molecule has 0 aliphatic carbocycles. The predicted octanol–water partition coefficient (Wildman–Crippen LogP) is 1.01. The lowest BCUT2D eigenvalue weighted by Crippen LogP contribution is -2.03. The summed E-state index contributed by atoms with van der Waals surface area (Å²) < 4.78 is 0.580. The Labute approximate surface area is 65.4 Å². The average molecular weight is 199 g/mol. The standard InChI is InChI=1S/C6H3BrN2O/c7-6-1-5(10)4(2-8)3-9-6/h1,3H,(H,9,10). The van der Waals surface area contributed by atoms with Crippen molar-refractivity contribution < 1.29 is 0 Å². The number of pyridine rings is 1. The second kappa shape index (κ2) is 2.67. The van der Waals surface area contributed by atoms with Gasteiger partial charge in [0.1, 0.15) is 11.6 Å². The Morgan fingerprint density at radius 1 is 1.70 bits per heavy atom. The molecule has 10 heavy (non-hydrogen) atoms. The summed E-state index contributed by atoms with van der Waals surface area (Å²) in [4.78, 5) is 13.5. The number of rotatable bonds is 0. The van der Waals surface area contributed by atoms with Gasteiger partial charge in [0.2, 0.25) is 0 Å². The van der Waals surface area contributed by atoms with E-state index in [1.807, 2.05) is 0 Å². The fraction of sp³-hybridized carbons (Fsp3) is 0. The lowest BCUT2D eigenvalue weighted by Gasteiger charge is -1.87. The van der Waals surface area contributed by atoms with E-state index in [9.17, 15) is 4.79 Å². The van der Waals surface area contributed by atoms with Crippen molar-refractivity contribution in [2.24, 2.45) is 0 Å². The Hall–Kier alpha value is -1.08. The Morgan fingerprint density at radius 2 is 2.40 bits per heavy atom. The van der Waals surface area contributed by atoms with Crippen LogP contribution in [0.15, 0.2) is 21.7 Å². The van der Waals surface area contributed by atoms with Gasteiger partial charge in [-0.15, -0.1) is 0 Å². The van der Waals surface area contributed by atoms with E-state index < -0.39 is 0 Å². The van der Waals surface area contributed by atoms with Crippen LogP contribution in [0.5, 0.6) is 0 Å². The van der Waals surface area contributed by atoms with Crippen LogP contribution in [0.2, 0.25) is 0 Å². The van der Waals surface area contributed by atoms with E-state index in [-0.39, 0.29) is 11.0 Å². The molecule has 0 saturated heterocycles. The summed E-state index contributed by atoms with van der Waals surface area (Å²) in [6.45, 7) is 0. The predicted molar refractivity (Wildman–Crippen MR) is 39.5 cm³/mol. The Morgan fingerprint density at radius 3 is 2.90 bits per heavy atom. The van der Waals surface area contributed by atoms with Crippen LogP contribution >= 0.6 is 15.9 Å². The van der Waals surface area contributed by atoms with Crippen molar-refractivity contribution >= 4 is 15.9 Å². The molecule has 0 bridgehead atoms. The molecule has 1 N–H and O–H groups in total. The summed E-state index contributed by atoms with van der Waals surface area (Å²) in [5, 5.41) is 8.32. The van der Waals surface area contributed by atoms with Gasteiger partial charge in [-0.25, -0.2) is 0 Å². The van der Waals surface area contributed by atoms with E-state index >= 15 is 0 Å². The first-order valence-corrected chi connectivity index (χ1v) is 3.31. The maximum Gasteiger partial charge on any atom is 0.200 e. The zero-order chi connectivity index (χ0) is 7.56. The lowest BCUT2D eigenvalue weighted by atomic mass is 10.3. The van der Waals surface area contributed by atoms with E-state index in [0.717, 1.165) is 0 Å². The molecule has 0 amide bonds. The Balaban J connectivity index is 3.38. The van der Waals surface area contributed by atoms with Crippen molar-refractivity contribution in [3.8, 4) is 6.07 Å². The van der Waals surface area contributed by atoms with E-state index in [4.69, 9.17) is 5.26 Å². The number of nitriles is 1. The fourth-order valence-electron chi connectivity index (χ4n) is 0.534. The highest BCUT2D eigenvalue weighted by Crippen LogP contribution is 1.99. The van der Waals surface area contributed by atoms with Gasteiger partial charge in [0.05, 0.1) is 4.60 Å². The maximum atomic E-state index is 10.8. The van der Waals surface area contributed by atoms with Crippen LogP contribution in [0.3, 0.4) is 0 Å². The molecule has 1 aromatic rings. The molecule has 0 radical (unpaired) electrons. The van der Waals surface area contributed by atoms with Crippen LogP contribution in [0.4, 0.5) is 0 Å². The van der Waals surface area contributed by atoms with Crippen LogP contribution in [0.1, 0.15) is 5.56 Å². The number of H-pyrrole nitrogens is 1.